The predicted molar refractivity (Wildman–Crippen MR) is 80.0 cm³/mol. The summed E-state index contributed by atoms with van der Waals surface area (Å²) in [6.07, 6.45) is 3.59. The highest BCUT2D eigenvalue weighted by Crippen LogP contribution is 2.34. The van der Waals surface area contributed by atoms with Gasteiger partial charge in [0, 0.05) is 23.0 Å². The number of rotatable bonds is 3. The number of phenolic OH excluding ortho intramolecular Hbond substituents is 1. The van der Waals surface area contributed by atoms with Crippen LogP contribution in [0.2, 0.25) is 5.02 Å². The molecule has 1 atom stereocenters. The van der Waals surface area contributed by atoms with Crippen molar-refractivity contribution < 1.29 is 5.11 Å². The molecule has 2 N–H and O–H groups in total. The second kappa shape index (κ2) is 5.53. The van der Waals surface area contributed by atoms with Gasteiger partial charge in [0.25, 0.3) is 0 Å². The van der Waals surface area contributed by atoms with Crippen molar-refractivity contribution in [1.29, 1.82) is 0 Å². The standard InChI is InChI=1S/C15H16ClNOS/c16-12-4-1-3-10(15(12)18)9-17-13-5-2-6-14-11(13)7-8-19-14/h1,3-4,7-8,13,17-18H,2,5-6,9H2. The summed E-state index contributed by atoms with van der Waals surface area (Å²) in [5.74, 6) is 0.193. The van der Waals surface area contributed by atoms with Crippen LogP contribution >= 0.6 is 22.9 Å². The Hall–Kier alpha value is -1.03. The largest absolute Gasteiger partial charge is 0.506 e. The topological polar surface area (TPSA) is 32.3 Å². The van der Waals surface area contributed by atoms with Crippen LogP contribution in [0.5, 0.6) is 5.75 Å². The molecule has 0 radical (unpaired) electrons. The Morgan fingerprint density at radius 1 is 1.37 bits per heavy atom. The maximum absolute atomic E-state index is 9.91. The third kappa shape index (κ3) is 2.64. The molecule has 19 heavy (non-hydrogen) atoms. The maximum atomic E-state index is 9.91. The van der Waals surface area contributed by atoms with Gasteiger partial charge in [0.15, 0.2) is 0 Å². The smallest absolute Gasteiger partial charge is 0.138 e. The van der Waals surface area contributed by atoms with Gasteiger partial charge in [-0.3, -0.25) is 0 Å². The molecule has 4 heteroatoms. The Bertz CT molecular complexity index is 581. The fraction of sp³-hybridized carbons (Fsp3) is 0.333. The molecule has 0 bridgehead atoms. The molecule has 0 aliphatic heterocycles. The quantitative estimate of drug-likeness (QED) is 0.885. The van der Waals surface area contributed by atoms with E-state index in [0.29, 0.717) is 17.6 Å². The molecular weight excluding hydrogens is 278 g/mol. The number of hydrogen-bond acceptors (Lipinski definition) is 3. The number of aryl methyl sites for hydroxylation is 1. The third-order valence-corrected chi connectivity index (χ3v) is 4.96. The average Bonchev–Trinajstić information content (AvgIpc) is 2.89. The van der Waals surface area contributed by atoms with Gasteiger partial charge in [0.1, 0.15) is 5.75 Å². The molecule has 3 rings (SSSR count). The van der Waals surface area contributed by atoms with Crippen LogP contribution in [-0.2, 0) is 13.0 Å². The first-order valence-electron chi connectivity index (χ1n) is 6.51. The van der Waals surface area contributed by atoms with Crippen molar-refractivity contribution in [2.45, 2.75) is 31.8 Å². The monoisotopic (exact) mass is 293 g/mol. The highest BCUT2D eigenvalue weighted by molar-refractivity contribution is 7.10. The minimum absolute atomic E-state index is 0.193. The Kier molecular flexibility index (Phi) is 3.78. The lowest BCUT2D eigenvalue weighted by Crippen LogP contribution is -2.23. The van der Waals surface area contributed by atoms with Gasteiger partial charge < -0.3 is 10.4 Å². The lowest BCUT2D eigenvalue weighted by molar-refractivity contribution is 0.440. The molecule has 1 unspecified atom stereocenters. The summed E-state index contributed by atoms with van der Waals surface area (Å²) >= 11 is 7.77. The molecule has 1 aromatic carbocycles. The molecule has 100 valence electrons. The molecule has 1 aromatic heterocycles. The Balaban J connectivity index is 1.73. The van der Waals surface area contributed by atoms with E-state index in [0.717, 1.165) is 12.0 Å². The number of para-hydroxylation sites is 1. The van der Waals surface area contributed by atoms with Crippen molar-refractivity contribution in [3.8, 4) is 5.75 Å². The first-order valence-corrected chi connectivity index (χ1v) is 7.77. The average molecular weight is 294 g/mol. The van der Waals surface area contributed by atoms with Crippen LogP contribution in [0.25, 0.3) is 0 Å². The Morgan fingerprint density at radius 2 is 2.26 bits per heavy atom. The minimum Gasteiger partial charge on any atom is -0.506 e. The van der Waals surface area contributed by atoms with Gasteiger partial charge in [0.05, 0.1) is 5.02 Å². The molecule has 2 aromatic rings. The van der Waals surface area contributed by atoms with Gasteiger partial charge in [-0.05, 0) is 42.3 Å². The number of aromatic hydroxyl groups is 1. The van der Waals surface area contributed by atoms with Gasteiger partial charge in [-0.25, -0.2) is 0 Å². The fourth-order valence-corrected chi connectivity index (χ4v) is 3.82. The van der Waals surface area contributed by atoms with Crippen molar-refractivity contribution in [2.24, 2.45) is 0 Å². The zero-order chi connectivity index (χ0) is 13.2. The van der Waals surface area contributed by atoms with Crippen molar-refractivity contribution >= 4 is 22.9 Å². The summed E-state index contributed by atoms with van der Waals surface area (Å²) < 4.78 is 0. The van der Waals surface area contributed by atoms with E-state index in [4.69, 9.17) is 11.6 Å². The van der Waals surface area contributed by atoms with Gasteiger partial charge >= 0.3 is 0 Å². The molecule has 1 aliphatic rings. The number of halogens is 1. The number of fused-ring (bicyclic) bond motifs is 1. The van der Waals surface area contributed by atoms with Crippen LogP contribution in [0.4, 0.5) is 0 Å². The summed E-state index contributed by atoms with van der Waals surface area (Å²) in [5, 5.41) is 16.0. The Labute approximate surface area is 122 Å². The van der Waals surface area contributed by atoms with Gasteiger partial charge in [-0.1, -0.05) is 23.7 Å². The van der Waals surface area contributed by atoms with Gasteiger partial charge in [-0.15, -0.1) is 11.3 Å². The van der Waals surface area contributed by atoms with E-state index in [2.05, 4.69) is 16.8 Å². The van der Waals surface area contributed by atoms with Crippen molar-refractivity contribution in [1.82, 2.24) is 5.32 Å². The van der Waals surface area contributed by atoms with Crippen molar-refractivity contribution in [2.75, 3.05) is 0 Å². The summed E-state index contributed by atoms with van der Waals surface area (Å²) in [7, 11) is 0. The van der Waals surface area contributed by atoms with E-state index in [-0.39, 0.29) is 5.75 Å². The molecule has 0 fully saturated rings. The van der Waals surface area contributed by atoms with E-state index < -0.39 is 0 Å². The molecular formula is C15H16ClNOS. The highest BCUT2D eigenvalue weighted by atomic mass is 35.5. The fourth-order valence-electron chi connectivity index (χ4n) is 2.63. The SMILES string of the molecule is Oc1c(Cl)cccc1CNC1CCCc2sccc21. The van der Waals surface area contributed by atoms with Crippen LogP contribution in [0.15, 0.2) is 29.6 Å². The van der Waals surface area contributed by atoms with E-state index in [1.807, 2.05) is 23.5 Å². The number of benzene rings is 1. The minimum atomic E-state index is 0.193. The normalized spacial score (nSPS) is 18.3. The van der Waals surface area contributed by atoms with Gasteiger partial charge in [0.2, 0.25) is 0 Å². The third-order valence-electron chi connectivity index (χ3n) is 3.66. The van der Waals surface area contributed by atoms with Crippen LogP contribution in [0.1, 0.15) is 34.9 Å². The molecule has 1 heterocycles. The van der Waals surface area contributed by atoms with Crippen LogP contribution < -0.4 is 5.32 Å². The molecule has 1 aliphatic carbocycles. The lowest BCUT2D eigenvalue weighted by Gasteiger charge is -2.24. The first kappa shape index (κ1) is 13.0. The number of thiophene rings is 1. The Morgan fingerprint density at radius 3 is 3.16 bits per heavy atom. The first-order chi connectivity index (χ1) is 9.25. The molecule has 0 amide bonds. The molecule has 0 saturated heterocycles. The van der Waals surface area contributed by atoms with E-state index in [9.17, 15) is 5.11 Å². The van der Waals surface area contributed by atoms with Crippen LogP contribution in [-0.4, -0.2) is 5.11 Å². The van der Waals surface area contributed by atoms with Crippen molar-refractivity contribution in [3.63, 3.8) is 0 Å². The summed E-state index contributed by atoms with van der Waals surface area (Å²) in [5.41, 5.74) is 2.28. The number of phenols is 1. The summed E-state index contributed by atoms with van der Waals surface area (Å²) in [6.45, 7) is 0.645. The number of nitrogens with one attached hydrogen (secondary N) is 1. The van der Waals surface area contributed by atoms with Crippen molar-refractivity contribution in [3.05, 3.63) is 50.7 Å². The predicted octanol–water partition coefficient (Wildman–Crippen LogP) is 4.27. The zero-order valence-corrected chi connectivity index (χ0v) is 12.1. The number of hydrogen-bond donors (Lipinski definition) is 2. The van der Waals surface area contributed by atoms with Crippen LogP contribution in [0, 0.1) is 0 Å². The summed E-state index contributed by atoms with van der Waals surface area (Å²) in [6, 6.07) is 8.10. The highest BCUT2D eigenvalue weighted by Gasteiger charge is 2.20. The second-order valence-corrected chi connectivity index (χ2v) is 6.28. The molecule has 2 nitrogen and oxygen atoms in total. The molecule has 0 saturated carbocycles. The lowest BCUT2D eigenvalue weighted by atomic mass is 9.94. The van der Waals surface area contributed by atoms with Crippen LogP contribution in [0.3, 0.4) is 0 Å². The van der Waals surface area contributed by atoms with E-state index in [1.165, 1.54) is 23.3 Å². The molecule has 0 spiro atoms. The zero-order valence-electron chi connectivity index (χ0n) is 10.5. The summed E-state index contributed by atoms with van der Waals surface area (Å²) in [4.78, 5) is 1.50. The second-order valence-electron chi connectivity index (χ2n) is 4.87. The maximum Gasteiger partial charge on any atom is 0.138 e. The van der Waals surface area contributed by atoms with Gasteiger partial charge in [-0.2, -0.15) is 0 Å². The van der Waals surface area contributed by atoms with E-state index >= 15 is 0 Å². The van der Waals surface area contributed by atoms with E-state index in [1.54, 1.807) is 6.07 Å².